The lowest BCUT2D eigenvalue weighted by Crippen LogP contribution is -2.58. The minimum absolute atomic E-state index is 0.0449. The summed E-state index contributed by atoms with van der Waals surface area (Å²) in [6.07, 6.45) is 0.777. The van der Waals surface area contributed by atoms with E-state index in [9.17, 15) is 34.2 Å². The molecule has 2 saturated heterocycles. The molecule has 79 heavy (non-hydrogen) atoms. The third-order valence-electron chi connectivity index (χ3n) is 14.0. The van der Waals surface area contributed by atoms with Gasteiger partial charge in [0.2, 0.25) is 35.5 Å². The third kappa shape index (κ3) is 15.6. The molecule has 0 spiro atoms. The van der Waals surface area contributed by atoms with Gasteiger partial charge in [-0.3, -0.25) is 24.0 Å². The fourth-order valence-electron chi connectivity index (χ4n) is 9.55. The largest absolute Gasteiger partial charge is 0.391 e. The molecule has 4 aromatic rings. The Bertz CT molecular complexity index is 2900. The number of hydrogen-bond donors (Lipinski definition) is 5. The number of likely N-dealkylation sites (N-methyl/N-ethyl adjacent to an activating group) is 1. The quantitative estimate of drug-likeness (QED) is 0.0477. The number of halogens is 3. The first-order valence-electron chi connectivity index (χ1n) is 26.4. The maximum atomic E-state index is 16.6. The van der Waals surface area contributed by atoms with Gasteiger partial charge < -0.3 is 60.0 Å². The van der Waals surface area contributed by atoms with Crippen LogP contribution in [0.2, 0.25) is 0 Å². The summed E-state index contributed by atoms with van der Waals surface area (Å²) in [6, 6.07) is 7.20. The van der Waals surface area contributed by atoms with Gasteiger partial charge >= 0.3 is 0 Å². The molecule has 2 aliphatic heterocycles. The number of fused-ring (bicyclic) bond motifs is 1. The van der Waals surface area contributed by atoms with Gasteiger partial charge in [0.25, 0.3) is 0 Å². The number of nitrogens with one attached hydrogen (secondary N) is 3. The lowest BCUT2D eigenvalue weighted by atomic mass is 9.85. The molecule has 2 fully saturated rings. The summed E-state index contributed by atoms with van der Waals surface area (Å²) < 4.78 is 48.9. The molecule has 5 atom stereocenters. The predicted octanol–water partition coefficient (Wildman–Crippen LogP) is 5.16. The number of aromatic nitrogens is 3. The van der Waals surface area contributed by atoms with Crippen LogP contribution in [0.4, 0.5) is 20.5 Å². The number of carbonyl (C=O) groups is 5. The van der Waals surface area contributed by atoms with Crippen LogP contribution in [0.15, 0.2) is 53.8 Å². The molecule has 0 unspecified atom stereocenters. The summed E-state index contributed by atoms with van der Waals surface area (Å²) in [4.78, 5) is 87.1. The van der Waals surface area contributed by atoms with Crippen LogP contribution in [-0.2, 0) is 38.2 Å². The number of ether oxygens (including phenoxy) is 3. The van der Waals surface area contributed by atoms with Gasteiger partial charge in [-0.05, 0) is 71.5 Å². The number of aryl methyl sites for hydroxylation is 1. The zero-order valence-electron chi connectivity index (χ0n) is 45.7. The van der Waals surface area contributed by atoms with E-state index >= 15 is 8.78 Å². The number of amides is 5. The zero-order chi connectivity index (χ0) is 57.1. The second-order valence-electron chi connectivity index (χ2n) is 20.9. The number of thiazole rings is 1. The van der Waals surface area contributed by atoms with Crippen LogP contribution in [0.3, 0.4) is 0 Å². The normalized spacial score (nSPS) is 18.5. The van der Waals surface area contributed by atoms with Crippen molar-refractivity contribution in [1.82, 2.24) is 40.3 Å². The molecular weight excluding hydrogens is 1160 g/mol. The van der Waals surface area contributed by atoms with E-state index in [1.165, 1.54) is 28.9 Å². The number of anilines is 2. The molecule has 3 aliphatic rings. The van der Waals surface area contributed by atoms with E-state index in [-0.39, 0.29) is 119 Å². The maximum absolute atomic E-state index is 16.6. The smallest absolute Gasteiger partial charge is 0.246 e. The highest BCUT2D eigenvalue weighted by molar-refractivity contribution is 14.1. The Kier molecular flexibility index (Phi) is 21.3. The number of allylic oxidation sites excluding steroid dienone is 2. The number of benzene rings is 2. The van der Waals surface area contributed by atoms with Crippen LogP contribution < -0.4 is 20.9 Å². The van der Waals surface area contributed by atoms with Gasteiger partial charge in [-0.15, -0.1) is 11.3 Å². The molecule has 7 rings (SSSR count). The standard InChI is InChI=1S/C55H71F2IN10O10S/c1-32(35-11-13-36(14-12-35)49-33(2)60-31-79-49)61-52(74)41-27-37(70)29-68(41)53(75)50(55(4,5)6)62-43(72)30-78-26-25-77-24-23-76-22-21-65(7)44(73)15-16-59-54-63-48-38(51(64-54)67-19-17-66(18-20-67)34(3)69)28-40(58)46(47(48)57)45-39(56)9-8-10-42(45)71/h8-9,11-14,28,31-32,37,41-42,50,70-71H,10,15-27,29-30H2,1-7H3,(H,61,74)(H,62,72)(H,59,63,64)/t32-,37+,41-,42+,50+/m0/s1. The summed E-state index contributed by atoms with van der Waals surface area (Å²) in [6.45, 7) is 13.4. The van der Waals surface area contributed by atoms with Gasteiger partial charge in [-0.25, -0.2) is 18.7 Å². The number of rotatable bonds is 23. The van der Waals surface area contributed by atoms with Gasteiger partial charge in [0.1, 0.15) is 35.9 Å². The molecule has 0 saturated carbocycles. The summed E-state index contributed by atoms with van der Waals surface area (Å²) >= 11 is 3.48. The van der Waals surface area contributed by atoms with Crippen LogP contribution in [0.1, 0.15) is 76.7 Å². The van der Waals surface area contributed by atoms with Crippen molar-refractivity contribution in [2.45, 2.75) is 91.1 Å². The Labute approximate surface area is 476 Å². The van der Waals surface area contributed by atoms with E-state index in [1.54, 1.807) is 55.6 Å². The molecule has 2 aromatic carbocycles. The maximum Gasteiger partial charge on any atom is 0.246 e. The second kappa shape index (κ2) is 27.6. The van der Waals surface area contributed by atoms with Gasteiger partial charge in [-0.2, -0.15) is 4.98 Å². The first kappa shape index (κ1) is 60.9. The SMILES string of the molecule is CC(=O)N1CCN(c2nc(NCCC(=O)N(C)CCOCCOCCOCC(=O)N[C@H](C(=O)N3C[C@H](O)C[C@H]3C(=O)N[C@@H](C)c3ccc(-c4scnc4C)cc3)C(C)(C)C)nc3c(F)c(C4=C(F)C=CC[C@H]4O)c(I)cc23)CC1. The molecule has 0 bridgehead atoms. The van der Waals surface area contributed by atoms with E-state index in [1.807, 2.05) is 65.6 Å². The molecular formula is C55H71F2IN10O10S. The number of β-amino-alcohol motifs (C(OH)–C–C–N with tert-alkyl or cyclic N) is 1. The highest BCUT2D eigenvalue weighted by atomic mass is 127. The first-order chi connectivity index (χ1) is 37.6. The topological polar surface area (TPSA) is 241 Å². The minimum Gasteiger partial charge on any atom is -0.391 e. The van der Waals surface area contributed by atoms with Crippen molar-refractivity contribution in [2.24, 2.45) is 5.41 Å². The fourth-order valence-corrected chi connectivity index (χ4v) is 11.2. The fraction of sp³-hybridized carbons (Fsp3) is 0.527. The second-order valence-corrected chi connectivity index (χ2v) is 22.9. The average molecular weight is 1230 g/mol. The Morgan fingerprint density at radius 2 is 1.65 bits per heavy atom. The molecule has 20 nitrogen and oxygen atoms in total. The monoisotopic (exact) mass is 1230 g/mol. The minimum atomic E-state index is -1.25. The van der Waals surface area contributed by atoms with Crippen molar-refractivity contribution >= 4 is 91.7 Å². The van der Waals surface area contributed by atoms with Crippen LogP contribution in [0.25, 0.3) is 26.9 Å². The Morgan fingerprint density at radius 1 is 0.962 bits per heavy atom. The summed E-state index contributed by atoms with van der Waals surface area (Å²) in [5.74, 6) is -2.74. The van der Waals surface area contributed by atoms with Crippen molar-refractivity contribution in [3.8, 4) is 10.4 Å². The predicted molar refractivity (Wildman–Crippen MR) is 304 cm³/mol. The molecule has 0 radical (unpaired) electrons. The number of hydrogen-bond acceptors (Lipinski definition) is 16. The number of aliphatic hydroxyl groups excluding tert-OH is 2. The van der Waals surface area contributed by atoms with E-state index in [0.29, 0.717) is 41.0 Å². The average Bonchev–Trinajstić information content (AvgIpc) is 4.08. The molecule has 4 heterocycles. The Morgan fingerprint density at radius 3 is 2.29 bits per heavy atom. The van der Waals surface area contributed by atoms with Crippen LogP contribution in [-0.4, -0.2) is 186 Å². The van der Waals surface area contributed by atoms with E-state index < -0.39 is 59.1 Å². The van der Waals surface area contributed by atoms with Crippen LogP contribution in [0, 0.1) is 21.7 Å². The van der Waals surface area contributed by atoms with Crippen LogP contribution >= 0.6 is 33.9 Å². The highest BCUT2D eigenvalue weighted by Crippen LogP contribution is 2.39. The van der Waals surface area contributed by atoms with Gasteiger partial charge in [0.15, 0.2) is 5.82 Å². The number of aliphatic hydroxyl groups is 2. The third-order valence-corrected chi connectivity index (χ3v) is 15.9. The van der Waals surface area contributed by atoms with Crippen molar-refractivity contribution in [3.63, 3.8) is 0 Å². The number of likely N-dealkylation sites (tertiary alicyclic amines) is 1. The molecule has 5 amide bonds. The summed E-state index contributed by atoms with van der Waals surface area (Å²) in [5.41, 5.74) is 3.59. The van der Waals surface area contributed by atoms with Crippen LogP contribution in [0.5, 0.6) is 0 Å². The van der Waals surface area contributed by atoms with Gasteiger partial charge in [0, 0.05) is 92.7 Å². The summed E-state index contributed by atoms with van der Waals surface area (Å²) in [7, 11) is 1.64. The molecule has 5 N–H and O–H groups in total. The Hall–Kier alpha value is -5.77. The van der Waals surface area contributed by atoms with Gasteiger partial charge in [0.05, 0.1) is 67.4 Å². The first-order valence-corrected chi connectivity index (χ1v) is 28.3. The lowest BCUT2D eigenvalue weighted by Gasteiger charge is -2.35. The van der Waals surface area contributed by atoms with Crippen molar-refractivity contribution in [1.29, 1.82) is 0 Å². The number of nitrogens with zero attached hydrogens (tertiary/aromatic N) is 7. The molecule has 1 aliphatic carbocycles. The number of carbonyl (C=O) groups excluding carboxylic acids is 5. The Balaban J connectivity index is 0.807. The number of piperazine rings is 1. The summed E-state index contributed by atoms with van der Waals surface area (Å²) in [5, 5.41) is 30.6. The van der Waals surface area contributed by atoms with Crippen molar-refractivity contribution in [2.75, 3.05) is 103 Å². The van der Waals surface area contributed by atoms with E-state index in [4.69, 9.17) is 19.2 Å². The zero-order valence-corrected chi connectivity index (χ0v) is 48.6. The van der Waals surface area contributed by atoms with E-state index in [0.717, 1.165) is 21.7 Å². The molecule has 2 aromatic heterocycles. The van der Waals surface area contributed by atoms with Crippen molar-refractivity contribution < 1.29 is 57.2 Å². The van der Waals surface area contributed by atoms with Gasteiger partial charge in [-0.1, -0.05) is 51.1 Å². The van der Waals surface area contributed by atoms with E-state index in [2.05, 4.69) is 25.9 Å². The molecule has 24 heteroatoms. The lowest BCUT2D eigenvalue weighted by molar-refractivity contribution is -0.144. The molecule has 428 valence electrons. The van der Waals surface area contributed by atoms with Crippen molar-refractivity contribution in [3.05, 3.63) is 80.0 Å². The highest BCUT2D eigenvalue weighted by Gasteiger charge is 2.45.